The molecule has 4 rings (SSSR count). The first-order valence-electron chi connectivity index (χ1n) is 12.1. The molecule has 1 aromatic heterocycles. The normalized spacial score (nSPS) is 19.0. The summed E-state index contributed by atoms with van der Waals surface area (Å²) in [6.45, 7) is 4.84. The van der Waals surface area contributed by atoms with E-state index < -0.39 is 0 Å². The van der Waals surface area contributed by atoms with Crippen LogP contribution in [0.4, 0.5) is 0 Å². The summed E-state index contributed by atoms with van der Waals surface area (Å²) in [5, 5.41) is 1.15. The van der Waals surface area contributed by atoms with Gasteiger partial charge in [-0.1, -0.05) is 50.3 Å². The van der Waals surface area contributed by atoms with E-state index >= 15 is 0 Å². The van der Waals surface area contributed by atoms with E-state index in [0.29, 0.717) is 12.2 Å². The van der Waals surface area contributed by atoms with Crippen LogP contribution in [0, 0.1) is 5.92 Å². The van der Waals surface area contributed by atoms with Gasteiger partial charge in [0.25, 0.3) is 0 Å². The maximum absolute atomic E-state index is 13.0. The minimum absolute atomic E-state index is 0.335. The fourth-order valence-electron chi connectivity index (χ4n) is 5.38. The van der Waals surface area contributed by atoms with Crippen LogP contribution in [0.25, 0.3) is 10.9 Å². The minimum Gasteiger partial charge on any atom is -0.346 e. The number of benzene rings is 1. The third-order valence-electron chi connectivity index (χ3n) is 7.10. The first-order chi connectivity index (χ1) is 14.3. The van der Waals surface area contributed by atoms with E-state index in [0.717, 1.165) is 29.8 Å². The van der Waals surface area contributed by atoms with Gasteiger partial charge in [0.15, 0.2) is 5.78 Å². The number of aromatic nitrogens is 1. The highest BCUT2D eigenvalue weighted by Crippen LogP contribution is 2.29. The number of ketones is 1. The van der Waals surface area contributed by atoms with Gasteiger partial charge in [-0.15, -0.1) is 0 Å². The van der Waals surface area contributed by atoms with E-state index in [-0.39, 0.29) is 0 Å². The van der Waals surface area contributed by atoms with Gasteiger partial charge in [-0.25, -0.2) is 0 Å². The van der Waals surface area contributed by atoms with E-state index in [1.54, 1.807) is 0 Å². The van der Waals surface area contributed by atoms with Crippen molar-refractivity contribution in [3.05, 3.63) is 36.0 Å². The van der Waals surface area contributed by atoms with Gasteiger partial charge in [0.1, 0.15) is 0 Å². The molecule has 0 amide bonds. The highest BCUT2D eigenvalue weighted by atomic mass is 16.1. The number of carbonyl (C=O) groups excluding carboxylic acids is 1. The number of unbranched alkanes of at least 4 members (excludes halogenated alkanes) is 2. The maximum Gasteiger partial charge on any atom is 0.165 e. The van der Waals surface area contributed by atoms with Crippen LogP contribution < -0.4 is 0 Å². The predicted octanol–water partition coefficient (Wildman–Crippen LogP) is 6.45. The highest BCUT2D eigenvalue weighted by molar-refractivity contribution is 6.08. The summed E-state index contributed by atoms with van der Waals surface area (Å²) >= 11 is 0. The predicted molar refractivity (Wildman–Crippen MR) is 122 cm³/mol. The number of Topliss-reactive ketones (excluding diaryl/α,β-unsaturated/α-hetero) is 1. The Kier molecular flexibility index (Phi) is 7.43. The molecule has 2 fully saturated rings. The monoisotopic (exact) mass is 394 g/mol. The lowest BCUT2D eigenvalue weighted by Crippen LogP contribution is -2.30. The zero-order chi connectivity index (χ0) is 19.9. The second-order valence-corrected chi connectivity index (χ2v) is 9.35. The first kappa shape index (κ1) is 20.7. The smallest absolute Gasteiger partial charge is 0.165 e. The SMILES string of the molecule is O=C(CCCCCN1CCCCC1)c1cn(CC2CCCCC2)c2ccccc12. The van der Waals surface area contributed by atoms with Crippen LogP contribution in [0.1, 0.15) is 87.4 Å². The van der Waals surface area contributed by atoms with Crippen LogP contribution in [0.3, 0.4) is 0 Å². The molecule has 0 atom stereocenters. The van der Waals surface area contributed by atoms with Crippen molar-refractivity contribution in [2.75, 3.05) is 19.6 Å². The number of hydrogen-bond acceptors (Lipinski definition) is 2. The van der Waals surface area contributed by atoms with Gasteiger partial charge >= 0.3 is 0 Å². The van der Waals surface area contributed by atoms with Gasteiger partial charge in [0, 0.05) is 35.6 Å². The second kappa shape index (κ2) is 10.4. The summed E-state index contributed by atoms with van der Waals surface area (Å²) in [6.07, 6.45) is 17.2. The Bertz CT molecular complexity index is 781. The first-order valence-corrected chi connectivity index (χ1v) is 12.1. The van der Waals surface area contributed by atoms with Crippen molar-refractivity contribution in [3.8, 4) is 0 Å². The van der Waals surface area contributed by atoms with Gasteiger partial charge in [0.05, 0.1) is 0 Å². The number of carbonyl (C=O) groups is 1. The molecule has 1 aliphatic carbocycles. The minimum atomic E-state index is 0.335. The van der Waals surface area contributed by atoms with Gasteiger partial charge in [-0.2, -0.15) is 0 Å². The van der Waals surface area contributed by atoms with Crippen molar-refractivity contribution >= 4 is 16.7 Å². The summed E-state index contributed by atoms with van der Waals surface area (Å²) in [4.78, 5) is 15.6. The molecule has 2 aromatic rings. The molecule has 1 saturated carbocycles. The largest absolute Gasteiger partial charge is 0.346 e. The van der Waals surface area contributed by atoms with Gasteiger partial charge in [-0.3, -0.25) is 4.79 Å². The molecule has 0 spiro atoms. The molecule has 1 saturated heterocycles. The summed E-state index contributed by atoms with van der Waals surface area (Å²) in [5.74, 6) is 1.11. The Hall–Kier alpha value is -1.61. The van der Waals surface area contributed by atoms with Crippen LogP contribution in [-0.2, 0) is 6.54 Å². The summed E-state index contributed by atoms with van der Waals surface area (Å²) in [5.41, 5.74) is 2.19. The number of para-hydroxylation sites is 1. The quantitative estimate of drug-likeness (QED) is 0.361. The standard InChI is InChI=1S/C26H38N2O/c29-26(16-6-2-9-17-27-18-10-3-11-19-27)24-21-28(20-22-12-4-1-5-13-22)25-15-8-7-14-23(24)25/h7-8,14-15,21-22H,1-6,9-13,16-20H2. The number of likely N-dealkylation sites (tertiary alicyclic amines) is 1. The van der Waals surface area contributed by atoms with Crippen molar-refractivity contribution in [3.63, 3.8) is 0 Å². The lowest BCUT2D eigenvalue weighted by atomic mass is 9.89. The molecule has 29 heavy (non-hydrogen) atoms. The number of piperidine rings is 1. The molecule has 3 nitrogen and oxygen atoms in total. The Labute approximate surface area is 176 Å². The lowest BCUT2D eigenvalue weighted by molar-refractivity contribution is 0.0980. The Morgan fingerprint density at radius 3 is 2.48 bits per heavy atom. The fraction of sp³-hybridized carbons (Fsp3) is 0.654. The number of hydrogen-bond donors (Lipinski definition) is 0. The molecule has 0 bridgehead atoms. The van der Waals surface area contributed by atoms with Crippen LogP contribution in [-0.4, -0.2) is 34.9 Å². The average molecular weight is 395 g/mol. The maximum atomic E-state index is 13.0. The topological polar surface area (TPSA) is 25.2 Å². The zero-order valence-corrected chi connectivity index (χ0v) is 18.1. The summed E-state index contributed by atoms with van der Waals surface area (Å²) in [7, 11) is 0. The fourth-order valence-corrected chi connectivity index (χ4v) is 5.38. The van der Waals surface area contributed by atoms with Crippen molar-refractivity contribution in [1.29, 1.82) is 0 Å². The molecule has 0 radical (unpaired) electrons. The Morgan fingerprint density at radius 1 is 0.897 bits per heavy atom. The number of rotatable bonds is 9. The Morgan fingerprint density at radius 2 is 1.66 bits per heavy atom. The highest BCUT2D eigenvalue weighted by Gasteiger charge is 2.19. The molecule has 0 unspecified atom stereocenters. The van der Waals surface area contributed by atoms with Crippen molar-refractivity contribution in [2.24, 2.45) is 5.92 Å². The molecular formula is C26H38N2O. The van der Waals surface area contributed by atoms with Crippen LogP contribution in [0.2, 0.25) is 0 Å². The molecule has 2 heterocycles. The summed E-state index contributed by atoms with van der Waals surface area (Å²) in [6, 6.07) is 8.50. The molecule has 0 N–H and O–H groups in total. The van der Waals surface area contributed by atoms with E-state index in [9.17, 15) is 4.79 Å². The number of nitrogens with zero attached hydrogens (tertiary/aromatic N) is 2. The zero-order valence-electron chi connectivity index (χ0n) is 18.1. The van der Waals surface area contributed by atoms with Crippen LogP contribution in [0.15, 0.2) is 30.5 Å². The van der Waals surface area contributed by atoms with E-state index in [1.807, 2.05) is 0 Å². The second-order valence-electron chi connectivity index (χ2n) is 9.35. The van der Waals surface area contributed by atoms with Crippen molar-refractivity contribution in [1.82, 2.24) is 9.47 Å². The van der Waals surface area contributed by atoms with Crippen molar-refractivity contribution in [2.45, 2.75) is 83.6 Å². The van der Waals surface area contributed by atoms with Gasteiger partial charge in [-0.05, 0) is 70.1 Å². The van der Waals surface area contributed by atoms with Gasteiger partial charge < -0.3 is 9.47 Å². The molecule has 2 aliphatic rings. The molecule has 158 valence electrons. The third kappa shape index (κ3) is 5.51. The Balaban J connectivity index is 1.32. The molecule has 1 aliphatic heterocycles. The average Bonchev–Trinajstić information content (AvgIpc) is 3.13. The summed E-state index contributed by atoms with van der Waals surface area (Å²) < 4.78 is 2.37. The van der Waals surface area contributed by atoms with Crippen molar-refractivity contribution < 1.29 is 4.79 Å². The van der Waals surface area contributed by atoms with E-state index in [2.05, 4.69) is 39.9 Å². The molecule has 3 heteroatoms. The lowest BCUT2D eigenvalue weighted by Gasteiger charge is -2.26. The van der Waals surface area contributed by atoms with Gasteiger partial charge in [0.2, 0.25) is 0 Å². The third-order valence-corrected chi connectivity index (χ3v) is 7.10. The van der Waals surface area contributed by atoms with Crippen LogP contribution >= 0.6 is 0 Å². The molecule has 1 aromatic carbocycles. The molecular weight excluding hydrogens is 356 g/mol. The van der Waals surface area contributed by atoms with E-state index in [1.165, 1.54) is 89.4 Å². The number of fused-ring (bicyclic) bond motifs is 1. The van der Waals surface area contributed by atoms with Crippen LogP contribution in [0.5, 0.6) is 0 Å². The van der Waals surface area contributed by atoms with E-state index in [4.69, 9.17) is 0 Å².